The molecule has 0 bridgehead atoms. The van der Waals surface area contributed by atoms with E-state index in [1.807, 2.05) is 71.3 Å². The first-order valence-corrected chi connectivity index (χ1v) is 18.8. The minimum Gasteiger partial charge on any atom is -0.512 e. The van der Waals surface area contributed by atoms with E-state index in [2.05, 4.69) is 83.8 Å². The zero-order chi connectivity index (χ0) is 35.5. The number of aliphatic hydroxyl groups excluding tert-OH is 1. The average Bonchev–Trinajstić information content (AvgIpc) is 3.57. The number of allylic oxidation sites excluding steroid dienone is 2. The van der Waals surface area contributed by atoms with Gasteiger partial charge in [0.15, 0.2) is 5.78 Å². The van der Waals surface area contributed by atoms with Crippen molar-refractivity contribution >= 4 is 38.0 Å². The Kier molecular flexibility index (Phi) is 12.1. The van der Waals surface area contributed by atoms with Gasteiger partial charge in [-0.2, -0.15) is 0 Å². The molecule has 4 nitrogen and oxygen atoms in total. The van der Waals surface area contributed by atoms with Gasteiger partial charge in [-0.15, -0.1) is 34.9 Å². The summed E-state index contributed by atoms with van der Waals surface area (Å²) in [5.41, 5.74) is 7.79. The molecule has 0 amide bonds. The summed E-state index contributed by atoms with van der Waals surface area (Å²) in [7, 11) is 0. The van der Waals surface area contributed by atoms with Gasteiger partial charge < -0.3 is 5.11 Å². The van der Waals surface area contributed by atoms with E-state index in [0.29, 0.717) is 0 Å². The van der Waals surface area contributed by atoms with Gasteiger partial charge in [-0.25, -0.2) is 0 Å². The molecule has 0 unspecified atom stereocenters. The zero-order valence-corrected chi connectivity index (χ0v) is 33.7. The van der Waals surface area contributed by atoms with Crippen molar-refractivity contribution in [1.82, 2.24) is 9.97 Å². The molecule has 0 spiro atoms. The number of ketones is 1. The van der Waals surface area contributed by atoms with Gasteiger partial charge in [-0.3, -0.25) is 14.8 Å². The molecule has 7 rings (SSSR count). The van der Waals surface area contributed by atoms with E-state index in [9.17, 15) is 9.90 Å². The van der Waals surface area contributed by atoms with Crippen molar-refractivity contribution in [2.75, 3.05) is 0 Å². The maximum Gasteiger partial charge on any atom is 0.164 e. The molecule has 51 heavy (non-hydrogen) atoms. The van der Waals surface area contributed by atoms with Crippen molar-refractivity contribution in [3.8, 4) is 32.8 Å². The van der Waals surface area contributed by atoms with Crippen LogP contribution in [-0.2, 0) is 37.7 Å². The third kappa shape index (κ3) is 7.51. The van der Waals surface area contributed by atoms with Crippen molar-refractivity contribution in [3.05, 3.63) is 120 Å². The van der Waals surface area contributed by atoms with Gasteiger partial charge in [0.2, 0.25) is 0 Å². The number of aromatic nitrogens is 2. The zero-order valence-electron chi connectivity index (χ0n) is 30.5. The summed E-state index contributed by atoms with van der Waals surface area (Å²) in [6, 6.07) is 31.5. The second-order valence-electron chi connectivity index (χ2n) is 13.9. The molecule has 3 heterocycles. The summed E-state index contributed by atoms with van der Waals surface area (Å²) < 4.78 is 1.28. The SMILES string of the molecule is CCC(C)(CC)C(=O)/C=C(\O)C(C)(CC)CC.[Ir].[c-]1c(-c2nccc3sc4c(c23)CCc2ncccc2-4)cc(-c2ccccc2)c2ccccc12. The van der Waals surface area contributed by atoms with E-state index in [4.69, 9.17) is 4.98 Å². The first-order chi connectivity index (χ1) is 24.2. The molecule has 3 aromatic heterocycles. The fraction of sp³-hybridized carbons (Fsp3) is 0.311. The van der Waals surface area contributed by atoms with Crippen molar-refractivity contribution in [3.63, 3.8) is 0 Å². The number of hydrogen-bond acceptors (Lipinski definition) is 5. The van der Waals surface area contributed by atoms with Crippen LogP contribution in [0.15, 0.2) is 103 Å². The number of thiophene rings is 1. The molecule has 6 heteroatoms. The van der Waals surface area contributed by atoms with E-state index in [-0.39, 0.29) is 42.5 Å². The molecule has 1 radical (unpaired) electrons. The summed E-state index contributed by atoms with van der Waals surface area (Å²) in [5.74, 6) is 0.286. The number of aryl methyl sites for hydroxylation is 2. The smallest absolute Gasteiger partial charge is 0.164 e. The fourth-order valence-corrected chi connectivity index (χ4v) is 8.05. The van der Waals surface area contributed by atoms with Crippen LogP contribution in [-0.4, -0.2) is 20.9 Å². The number of carbonyl (C=O) groups excluding carboxylic acids is 1. The number of benzene rings is 3. The Labute approximate surface area is 320 Å². The van der Waals surface area contributed by atoms with Crippen LogP contribution < -0.4 is 0 Å². The average molecular weight is 872 g/mol. The Morgan fingerprint density at radius 3 is 2.22 bits per heavy atom. The minimum absolute atomic E-state index is 0. The second-order valence-corrected chi connectivity index (χ2v) is 14.9. The molecule has 0 saturated carbocycles. The van der Waals surface area contributed by atoms with Crippen LogP contribution in [0.5, 0.6) is 0 Å². The van der Waals surface area contributed by atoms with Crippen molar-refractivity contribution in [2.24, 2.45) is 10.8 Å². The summed E-state index contributed by atoms with van der Waals surface area (Å²) in [5, 5.41) is 13.7. The predicted octanol–water partition coefficient (Wildman–Crippen LogP) is 12.4. The molecule has 0 aliphatic heterocycles. The summed E-state index contributed by atoms with van der Waals surface area (Å²) >= 11 is 1.86. The van der Waals surface area contributed by atoms with Crippen LogP contribution in [0.4, 0.5) is 0 Å². The Morgan fingerprint density at radius 2 is 1.51 bits per heavy atom. The molecule has 0 saturated heterocycles. The minimum atomic E-state index is -0.337. The quantitative estimate of drug-likeness (QED) is 0.0893. The van der Waals surface area contributed by atoms with Crippen LogP contribution >= 0.6 is 11.3 Å². The van der Waals surface area contributed by atoms with Gasteiger partial charge in [0, 0.05) is 75.9 Å². The summed E-state index contributed by atoms with van der Waals surface area (Å²) in [6.07, 6.45) is 10.6. The van der Waals surface area contributed by atoms with Gasteiger partial charge in [0.05, 0.1) is 0 Å². The molecule has 1 aliphatic carbocycles. The molecule has 6 aromatic rings. The normalized spacial score (nSPS) is 12.8. The molecular weight excluding hydrogens is 825 g/mol. The molecule has 0 atom stereocenters. The van der Waals surface area contributed by atoms with Crippen LogP contribution in [0.1, 0.15) is 78.5 Å². The van der Waals surface area contributed by atoms with Gasteiger partial charge in [-0.1, -0.05) is 113 Å². The largest absolute Gasteiger partial charge is 0.512 e. The second kappa shape index (κ2) is 16.2. The maximum atomic E-state index is 12.2. The predicted molar refractivity (Wildman–Crippen MR) is 211 cm³/mol. The Bertz CT molecular complexity index is 2180. The number of rotatable bonds is 9. The maximum absolute atomic E-state index is 12.2. The third-order valence-electron chi connectivity index (χ3n) is 11.2. The van der Waals surface area contributed by atoms with Gasteiger partial charge >= 0.3 is 0 Å². The molecule has 3 aromatic carbocycles. The number of aliphatic hydroxyl groups is 1. The Morgan fingerprint density at radius 1 is 0.824 bits per heavy atom. The molecule has 0 fully saturated rings. The van der Waals surface area contributed by atoms with Crippen LogP contribution in [0.2, 0.25) is 0 Å². The van der Waals surface area contributed by atoms with Gasteiger partial charge in [0.1, 0.15) is 5.76 Å². The Balaban J connectivity index is 0.000000242. The number of nitrogens with zero attached hydrogens (tertiary/aromatic N) is 2. The third-order valence-corrected chi connectivity index (χ3v) is 12.4. The van der Waals surface area contributed by atoms with Crippen LogP contribution in [0.3, 0.4) is 0 Å². The fourth-order valence-electron chi connectivity index (χ4n) is 6.75. The van der Waals surface area contributed by atoms with E-state index in [0.717, 1.165) is 55.2 Å². The topological polar surface area (TPSA) is 63.1 Å². The Hall–Kier alpha value is -3.96. The van der Waals surface area contributed by atoms with Gasteiger partial charge in [-0.05, 0) is 67.2 Å². The molecule has 1 aliphatic rings. The van der Waals surface area contributed by atoms with Gasteiger partial charge in [0.25, 0.3) is 0 Å². The number of pyridine rings is 2. The standard InChI is InChI=1S/C30H19N2S.C15H28O2.Ir/c1-2-7-19(8-3-1)25-18-21(17-20-9-4-5-10-22(20)25)29-28-24-12-13-26-23(11-6-15-31-26)30(24)33-27(28)14-16-32-29;1-7-14(5,8-2)12(16)11-13(17)15(6,9-3)10-4;/h1-11,14-16,18H,12-13H2;11,16H,7-10H2,1-6H3;/q-1;;/b;12-11-;. The van der Waals surface area contributed by atoms with E-state index >= 15 is 0 Å². The van der Waals surface area contributed by atoms with Crippen molar-refractivity contribution in [1.29, 1.82) is 0 Å². The number of fused-ring (bicyclic) bond motifs is 6. The van der Waals surface area contributed by atoms with Crippen LogP contribution in [0, 0.1) is 16.9 Å². The summed E-state index contributed by atoms with van der Waals surface area (Å²) in [4.78, 5) is 23.1. The molecule has 265 valence electrons. The number of hydrogen-bond donors (Lipinski definition) is 1. The van der Waals surface area contributed by atoms with E-state index in [1.165, 1.54) is 54.4 Å². The summed E-state index contributed by atoms with van der Waals surface area (Å²) in [6.45, 7) is 12.1. The number of carbonyl (C=O) groups is 1. The van der Waals surface area contributed by atoms with E-state index in [1.54, 1.807) is 0 Å². The monoisotopic (exact) mass is 872 g/mol. The first kappa shape index (κ1) is 38.3. The molecule has 1 N–H and O–H groups in total. The van der Waals surface area contributed by atoms with Crippen molar-refractivity contribution < 1.29 is 30.0 Å². The first-order valence-electron chi connectivity index (χ1n) is 18.0. The van der Waals surface area contributed by atoms with Crippen LogP contribution in [0.25, 0.3) is 53.7 Å². The van der Waals surface area contributed by atoms with Crippen molar-refractivity contribution in [2.45, 2.75) is 80.1 Å². The van der Waals surface area contributed by atoms with E-state index < -0.39 is 0 Å². The molecular formula is C45H47IrN2O2S-.